The molecule has 2 fully saturated rings. The number of carboxylic acids is 1. The first-order chi connectivity index (χ1) is 7.72. The highest BCUT2D eigenvalue weighted by Crippen LogP contribution is 2.38. The van der Waals surface area contributed by atoms with Gasteiger partial charge in [-0.1, -0.05) is 0 Å². The summed E-state index contributed by atoms with van der Waals surface area (Å²) >= 11 is 0. The molecule has 2 aliphatic rings. The first-order valence-corrected chi connectivity index (χ1v) is 6.19. The van der Waals surface area contributed by atoms with Crippen LogP contribution in [0.2, 0.25) is 0 Å². The number of rotatable bonds is 6. The van der Waals surface area contributed by atoms with E-state index in [1.807, 2.05) is 0 Å². The van der Waals surface area contributed by atoms with Gasteiger partial charge in [0.1, 0.15) is 0 Å². The van der Waals surface area contributed by atoms with Crippen molar-refractivity contribution >= 4 is 5.97 Å². The summed E-state index contributed by atoms with van der Waals surface area (Å²) in [6, 6.07) is 0.690. The van der Waals surface area contributed by atoms with Crippen molar-refractivity contribution in [2.24, 2.45) is 5.92 Å². The van der Waals surface area contributed by atoms with Crippen LogP contribution in [0.3, 0.4) is 0 Å². The van der Waals surface area contributed by atoms with Gasteiger partial charge in [-0.05, 0) is 38.1 Å². The van der Waals surface area contributed by atoms with Gasteiger partial charge in [0.2, 0.25) is 0 Å². The number of likely N-dealkylation sites (tertiary alicyclic amines) is 1. The van der Waals surface area contributed by atoms with Gasteiger partial charge < -0.3 is 9.84 Å². The SMILES string of the molecule is COCC(C1CC1)N1CCCC1CC(=O)O. The molecular weight excluding hydrogens is 206 g/mol. The van der Waals surface area contributed by atoms with Crippen molar-refractivity contribution in [2.45, 2.75) is 44.2 Å². The molecule has 0 spiro atoms. The van der Waals surface area contributed by atoms with Crippen LogP contribution in [0, 0.1) is 5.92 Å². The molecule has 2 unspecified atom stereocenters. The van der Waals surface area contributed by atoms with Crippen LogP contribution in [-0.2, 0) is 9.53 Å². The number of hydrogen-bond acceptors (Lipinski definition) is 3. The fourth-order valence-corrected chi connectivity index (χ4v) is 2.87. The van der Waals surface area contributed by atoms with E-state index >= 15 is 0 Å². The third-order valence-corrected chi connectivity index (χ3v) is 3.76. The Morgan fingerprint density at radius 2 is 2.25 bits per heavy atom. The van der Waals surface area contributed by atoms with Crippen LogP contribution in [0.4, 0.5) is 0 Å². The number of carboxylic acid groups (broad SMARTS) is 1. The molecule has 0 radical (unpaired) electrons. The largest absolute Gasteiger partial charge is 0.481 e. The van der Waals surface area contributed by atoms with Gasteiger partial charge in [-0.25, -0.2) is 0 Å². The summed E-state index contributed by atoms with van der Waals surface area (Å²) in [5.41, 5.74) is 0. The van der Waals surface area contributed by atoms with Crippen LogP contribution < -0.4 is 0 Å². The van der Waals surface area contributed by atoms with Crippen molar-refractivity contribution in [3.63, 3.8) is 0 Å². The number of ether oxygens (including phenoxy) is 1. The molecule has 0 bridgehead atoms. The van der Waals surface area contributed by atoms with Crippen molar-refractivity contribution in [3.8, 4) is 0 Å². The number of methoxy groups -OCH3 is 1. The predicted molar refractivity (Wildman–Crippen MR) is 60.4 cm³/mol. The van der Waals surface area contributed by atoms with Gasteiger partial charge in [0.05, 0.1) is 13.0 Å². The molecule has 92 valence electrons. The topological polar surface area (TPSA) is 49.8 Å². The van der Waals surface area contributed by atoms with Crippen molar-refractivity contribution in [2.75, 3.05) is 20.3 Å². The summed E-state index contributed by atoms with van der Waals surface area (Å²) in [6.07, 6.45) is 5.01. The van der Waals surface area contributed by atoms with E-state index in [2.05, 4.69) is 4.90 Å². The zero-order valence-electron chi connectivity index (χ0n) is 9.89. The molecule has 2 atom stereocenters. The number of nitrogens with zero attached hydrogens (tertiary/aromatic N) is 1. The van der Waals surface area contributed by atoms with Crippen LogP contribution in [0.15, 0.2) is 0 Å². The maximum Gasteiger partial charge on any atom is 0.304 e. The highest BCUT2D eigenvalue weighted by Gasteiger charge is 2.40. The molecule has 1 heterocycles. The highest BCUT2D eigenvalue weighted by molar-refractivity contribution is 5.67. The molecule has 0 aromatic rings. The first kappa shape index (κ1) is 11.9. The molecule has 0 aromatic heterocycles. The summed E-state index contributed by atoms with van der Waals surface area (Å²) < 4.78 is 5.28. The van der Waals surface area contributed by atoms with E-state index in [9.17, 15) is 4.79 Å². The van der Waals surface area contributed by atoms with E-state index in [1.54, 1.807) is 7.11 Å². The molecule has 1 N–H and O–H groups in total. The van der Waals surface area contributed by atoms with Crippen LogP contribution in [0.25, 0.3) is 0 Å². The van der Waals surface area contributed by atoms with Gasteiger partial charge in [0, 0.05) is 19.2 Å². The lowest BCUT2D eigenvalue weighted by molar-refractivity contribution is -0.138. The molecule has 4 heteroatoms. The Bertz CT molecular complexity index is 253. The minimum atomic E-state index is -0.677. The lowest BCUT2D eigenvalue weighted by Crippen LogP contribution is -2.44. The number of aliphatic carboxylic acids is 1. The van der Waals surface area contributed by atoms with Crippen LogP contribution in [-0.4, -0.2) is 48.3 Å². The maximum atomic E-state index is 10.8. The Kier molecular flexibility index (Phi) is 3.82. The third-order valence-electron chi connectivity index (χ3n) is 3.76. The lowest BCUT2D eigenvalue weighted by atomic mass is 10.1. The predicted octanol–water partition coefficient (Wildman–Crippen LogP) is 1.35. The Balaban J connectivity index is 1.95. The number of hydrogen-bond donors (Lipinski definition) is 1. The van der Waals surface area contributed by atoms with E-state index < -0.39 is 5.97 Å². The minimum absolute atomic E-state index is 0.234. The van der Waals surface area contributed by atoms with Crippen LogP contribution in [0.5, 0.6) is 0 Å². The minimum Gasteiger partial charge on any atom is -0.481 e. The quantitative estimate of drug-likeness (QED) is 0.744. The molecule has 1 aliphatic carbocycles. The Morgan fingerprint density at radius 3 is 2.81 bits per heavy atom. The smallest absolute Gasteiger partial charge is 0.304 e. The van der Waals surface area contributed by atoms with Crippen LogP contribution >= 0.6 is 0 Å². The van der Waals surface area contributed by atoms with Crippen molar-refractivity contribution in [3.05, 3.63) is 0 Å². The Hall–Kier alpha value is -0.610. The summed E-state index contributed by atoms with van der Waals surface area (Å²) in [7, 11) is 1.73. The summed E-state index contributed by atoms with van der Waals surface area (Å²) in [5.74, 6) is 0.0678. The fourth-order valence-electron chi connectivity index (χ4n) is 2.87. The van der Waals surface area contributed by atoms with E-state index in [4.69, 9.17) is 9.84 Å². The zero-order chi connectivity index (χ0) is 11.5. The number of carbonyl (C=O) groups is 1. The molecule has 2 rings (SSSR count). The lowest BCUT2D eigenvalue weighted by Gasteiger charge is -2.32. The Labute approximate surface area is 96.6 Å². The molecular formula is C12H21NO3. The molecule has 0 amide bonds. The maximum absolute atomic E-state index is 10.8. The van der Waals surface area contributed by atoms with Gasteiger partial charge in [0.15, 0.2) is 0 Å². The molecule has 1 saturated heterocycles. The Morgan fingerprint density at radius 1 is 1.50 bits per heavy atom. The summed E-state index contributed by atoms with van der Waals surface area (Å²) in [5, 5.41) is 8.90. The second kappa shape index (κ2) is 5.15. The van der Waals surface area contributed by atoms with Crippen molar-refractivity contribution < 1.29 is 14.6 Å². The van der Waals surface area contributed by atoms with Gasteiger partial charge in [-0.15, -0.1) is 0 Å². The standard InChI is InChI=1S/C12H21NO3/c1-16-8-11(9-4-5-9)13-6-2-3-10(13)7-12(14)15/h9-11H,2-8H2,1H3,(H,14,15). The second-order valence-corrected chi connectivity index (χ2v) is 4.99. The summed E-state index contributed by atoms with van der Waals surface area (Å²) in [6.45, 7) is 1.79. The average molecular weight is 227 g/mol. The highest BCUT2D eigenvalue weighted by atomic mass is 16.5. The van der Waals surface area contributed by atoms with Gasteiger partial charge in [-0.2, -0.15) is 0 Å². The second-order valence-electron chi connectivity index (χ2n) is 4.99. The van der Waals surface area contributed by atoms with Gasteiger partial charge in [-0.3, -0.25) is 9.69 Å². The average Bonchev–Trinajstić information content (AvgIpc) is 2.96. The summed E-state index contributed by atoms with van der Waals surface area (Å²) in [4.78, 5) is 13.2. The van der Waals surface area contributed by atoms with Gasteiger partial charge in [0.25, 0.3) is 0 Å². The zero-order valence-corrected chi connectivity index (χ0v) is 9.89. The first-order valence-electron chi connectivity index (χ1n) is 6.19. The van der Waals surface area contributed by atoms with E-state index in [0.717, 1.165) is 31.9 Å². The third kappa shape index (κ3) is 2.74. The monoisotopic (exact) mass is 227 g/mol. The van der Waals surface area contributed by atoms with Crippen LogP contribution in [0.1, 0.15) is 32.1 Å². The van der Waals surface area contributed by atoms with E-state index in [-0.39, 0.29) is 12.5 Å². The van der Waals surface area contributed by atoms with E-state index in [0.29, 0.717) is 6.04 Å². The normalized spacial score (nSPS) is 28.2. The molecule has 16 heavy (non-hydrogen) atoms. The van der Waals surface area contributed by atoms with Crippen molar-refractivity contribution in [1.82, 2.24) is 4.90 Å². The molecule has 1 saturated carbocycles. The molecule has 4 nitrogen and oxygen atoms in total. The molecule has 0 aromatic carbocycles. The molecule has 1 aliphatic heterocycles. The van der Waals surface area contributed by atoms with Crippen molar-refractivity contribution in [1.29, 1.82) is 0 Å². The fraction of sp³-hybridized carbons (Fsp3) is 0.917. The van der Waals surface area contributed by atoms with E-state index in [1.165, 1.54) is 12.8 Å². The van der Waals surface area contributed by atoms with Gasteiger partial charge >= 0.3 is 5.97 Å².